The minimum atomic E-state index is -0.422. The Kier molecular flexibility index (Phi) is 4.84. The fourth-order valence-electron chi connectivity index (χ4n) is 1.27. The first kappa shape index (κ1) is 13.4. The molecule has 6 heteroatoms. The van der Waals surface area contributed by atoms with Crippen LogP contribution in [-0.2, 0) is 0 Å². The predicted octanol–water partition coefficient (Wildman–Crippen LogP) is 0.196. The molecular weight excluding hydrogens is 220 g/mol. The number of carbonyl (C=O) groups is 1. The molecule has 0 aliphatic rings. The number of aliphatic hydroxyl groups is 1. The molecule has 1 amide bonds. The molecule has 0 bridgehead atoms. The Balaban J connectivity index is 2.43. The zero-order valence-electron chi connectivity index (χ0n) is 10.1. The quantitative estimate of drug-likeness (QED) is 0.680. The number of anilines is 1. The first-order valence-corrected chi connectivity index (χ1v) is 5.55. The van der Waals surface area contributed by atoms with Crippen LogP contribution in [-0.4, -0.2) is 33.6 Å². The molecule has 0 radical (unpaired) electrons. The Bertz CT molecular complexity index is 381. The van der Waals surface area contributed by atoms with Crippen molar-refractivity contribution in [3.05, 3.63) is 18.1 Å². The molecule has 4 N–H and O–H groups in total. The smallest absolute Gasteiger partial charge is 0.273 e. The van der Waals surface area contributed by atoms with E-state index in [0.717, 1.165) is 0 Å². The molecule has 0 aliphatic carbocycles. The molecule has 1 unspecified atom stereocenters. The monoisotopic (exact) mass is 238 g/mol. The summed E-state index contributed by atoms with van der Waals surface area (Å²) >= 11 is 0. The van der Waals surface area contributed by atoms with Crippen molar-refractivity contribution in [2.45, 2.75) is 26.4 Å². The maximum Gasteiger partial charge on any atom is 0.273 e. The van der Waals surface area contributed by atoms with Gasteiger partial charge in [0.1, 0.15) is 0 Å². The molecule has 1 heterocycles. The topological polar surface area (TPSA) is 101 Å². The third-order valence-electron chi connectivity index (χ3n) is 2.44. The fourth-order valence-corrected chi connectivity index (χ4v) is 1.27. The Labute approximate surface area is 100 Å². The van der Waals surface area contributed by atoms with Gasteiger partial charge in [0.05, 0.1) is 6.10 Å². The minimum Gasteiger partial charge on any atom is -0.393 e. The molecule has 0 saturated heterocycles. The van der Waals surface area contributed by atoms with Crippen molar-refractivity contribution in [2.75, 3.05) is 12.3 Å². The number of rotatable bonds is 5. The van der Waals surface area contributed by atoms with E-state index in [0.29, 0.717) is 13.0 Å². The summed E-state index contributed by atoms with van der Waals surface area (Å²) in [6.45, 7) is 4.23. The Morgan fingerprint density at radius 3 is 2.71 bits per heavy atom. The first-order valence-electron chi connectivity index (χ1n) is 5.55. The van der Waals surface area contributed by atoms with Crippen molar-refractivity contribution in [1.82, 2.24) is 15.3 Å². The van der Waals surface area contributed by atoms with Gasteiger partial charge >= 0.3 is 0 Å². The summed E-state index contributed by atoms with van der Waals surface area (Å²) in [5, 5.41) is 12.2. The van der Waals surface area contributed by atoms with Crippen LogP contribution in [0.1, 0.15) is 30.8 Å². The van der Waals surface area contributed by atoms with Gasteiger partial charge in [0.15, 0.2) is 11.5 Å². The minimum absolute atomic E-state index is 0.106. The van der Waals surface area contributed by atoms with Crippen molar-refractivity contribution in [1.29, 1.82) is 0 Å². The van der Waals surface area contributed by atoms with Gasteiger partial charge in [-0.05, 0) is 12.3 Å². The average molecular weight is 238 g/mol. The van der Waals surface area contributed by atoms with E-state index in [1.165, 1.54) is 12.4 Å². The van der Waals surface area contributed by atoms with Crippen LogP contribution in [0, 0.1) is 5.92 Å². The summed E-state index contributed by atoms with van der Waals surface area (Å²) in [5.74, 6) is -0.0885. The van der Waals surface area contributed by atoms with Crippen LogP contribution in [0.3, 0.4) is 0 Å². The highest BCUT2D eigenvalue weighted by molar-refractivity contribution is 5.96. The third-order valence-corrected chi connectivity index (χ3v) is 2.44. The van der Waals surface area contributed by atoms with Crippen molar-refractivity contribution in [2.24, 2.45) is 5.92 Å². The number of carbonyl (C=O) groups excluding carboxylic acids is 1. The maximum absolute atomic E-state index is 11.6. The summed E-state index contributed by atoms with van der Waals surface area (Å²) in [7, 11) is 0. The predicted molar refractivity (Wildman–Crippen MR) is 64.2 cm³/mol. The summed E-state index contributed by atoms with van der Waals surface area (Å²) in [6, 6.07) is 0. The second-order valence-electron chi connectivity index (χ2n) is 4.15. The maximum atomic E-state index is 11.6. The zero-order valence-corrected chi connectivity index (χ0v) is 10.1. The second-order valence-corrected chi connectivity index (χ2v) is 4.15. The van der Waals surface area contributed by atoms with Crippen LogP contribution in [0.2, 0.25) is 0 Å². The molecule has 94 valence electrons. The highest BCUT2D eigenvalue weighted by Crippen LogP contribution is 2.05. The molecular formula is C11H18N4O2. The van der Waals surface area contributed by atoms with Crippen molar-refractivity contribution in [3.8, 4) is 0 Å². The number of nitrogen functional groups attached to an aromatic ring is 1. The van der Waals surface area contributed by atoms with Gasteiger partial charge in [0.2, 0.25) is 0 Å². The Hall–Kier alpha value is -1.69. The molecule has 1 atom stereocenters. The normalized spacial score (nSPS) is 12.5. The van der Waals surface area contributed by atoms with Crippen LogP contribution in [0.4, 0.5) is 5.82 Å². The van der Waals surface area contributed by atoms with Crippen molar-refractivity contribution < 1.29 is 9.90 Å². The van der Waals surface area contributed by atoms with Crippen LogP contribution in [0.25, 0.3) is 0 Å². The summed E-state index contributed by atoms with van der Waals surface area (Å²) in [4.78, 5) is 19.3. The lowest BCUT2D eigenvalue weighted by Crippen LogP contribution is -2.30. The number of hydrogen-bond donors (Lipinski definition) is 3. The van der Waals surface area contributed by atoms with E-state index >= 15 is 0 Å². The molecule has 0 fully saturated rings. The molecule has 1 aromatic heterocycles. The number of aliphatic hydroxyl groups excluding tert-OH is 1. The molecule has 0 aromatic carbocycles. The van der Waals surface area contributed by atoms with Gasteiger partial charge in [0.25, 0.3) is 5.91 Å². The van der Waals surface area contributed by atoms with E-state index in [9.17, 15) is 9.90 Å². The summed E-state index contributed by atoms with van der Waals surface area (Å²) in [5.41, 5.74) is 5.63. The van der Waals surface area contributed by atoms with Crippen molar-refractivity contribution >= 4 is 11.7 Å². The molecule has 0 aliphatic heterocycles. The number of nitrogens with one attached hydrogen (secondary N) is 1. The third kappa shape index (κ3) is 3.99. The lowest BCUT2D eigenvalue weighted by atomic mass is 10.0. The molecule has 0 spiro atoms. The van der Waals surface area contributed by atoms with Gasteiger partial charge in [-0.25, -0.2) is 9.97 Å². The molecule has 6 nitrogen and oxygen atoms in total. The van der Waals surface area contributed by atoms with E-state index in [4.69, 9.17) is 5.73 Å². The summed E-state index contributed by atoms with van der Waals surface area (Å²) < 4.78 is 0. The van der Waals surface area contributed by atoms with Crippen molar-refractivity contribution in [3.63, 3.8) is 0 Å². The first-order chi connectivity index (χ1) is 8.02. The van der Waals surface area contributed by atoms with E-state index in [1.807, 2.05) is 13.8 Å². The number of nitrogens with two attached hydrogens (primary N) is 1. The highest BCUT2D eigenvalue weighted by Gasteiger charge is 2.13. The lowest BCUT2D eigenvalue weighted by Gasteiger charge is -2.14. The van der Waals surface area contributed by atoms with Gasteiger partial charge in [0, 0.05) is 18.9 Å². The van der Waals surface area contributed by atoms with E-state index in [-0.39, 0.29) is 23.3 Å². The molecule has 17 heavy (non-hydrogen) atoms. The van der Waals surface area contributed by atoms with E-state index in [2.05, 4.69) is 15.3 Å². The van der Waals surface area contributed by atoms with Gasteiger partial charge in [-0.15, -0.1) is 0 Å². The van der Waals surface area contributed by atoms with Crippen LogP contribution in [0.5, 0.6) is 0 Å². The summed E-state index contributed by atoms with van der Waals surface area (Å²) in [6.07, 6.45) is 2.92. The van der Waals surface area contributed by atoms with Gasteiger partial charge in [-0.2, -0.15) is 0 Å². The molecule has 1 aromatic rings. The molecule has 1 rings (SSSR count). The second kappa shape index (κ2) is 6.15. The van der Waals surface area contributed by atoms with Crippen LogP contribution >= 0.6 is 0 Å². The number of aromatic nitrogens is 2. The SMILES string of the molecule is CC(C)C(O)CCNC(=O)c1nccnc1N. The lowest BCUT2D eigenvalue weighted by molar-refractivity contribution is 0.0916. The largest absolute Gasteiger partial charge is 0.393 e. The Morgan fingerprint density at radius 1 is 1.47 bits per heavy atom. The number of hydrogen-bond acceptors (Lipinski definition) is 5. The number of amides is 1. The van der Waals surface area contributed by atoms with Crippen LogP contribution < -0.4 is 11.1 Å². The van der Waals surface area contributed by atoms with E-state index in [1.54, 1.807) is 0 Å². The van der Waals surface area contributed by atoms with Gasteiger partial charge in [-0.1, -0.05) is 13.8 Å². The van der Waals surface area contributed by atoms with Gasteiger partial charge < -0.3 is 16.2 Å². The van der Waals surface area contributed by atoms with Crippen LogP contribution in [0.15, 0.2) is 12.4 Å². The number of nitrogens with zero attached hydrogens (tertiary/aromatic N) is 2. The standard InChI is InChI=1S/C11H18N4O2/c1-7(2)8(16)3-4-15-11(17)9-10(12)14-6-5-13-9/h5-8,16H,3-4H2,1-2H3,(H2,12,14)(H,15,17). The highest BCUT2D eigenvalue weighted by atomic mass is 16.3. The molecule has 0 saturated carbocycles. The Morgan fingerprint density at radius 2 is 2.12 bits per heavy atom. The fraction of sp³-hybridized carbons (Fsp3) is 0.545. The zero-order chi connectivity index (χ0) is 12.8. The average Bonchev–Trinajstić information content (AvgIpc) is 2.29. The van der Waals surface area contributed by atoms with Gasteiger partial charge in [-0.3, -0.25) is 4.79 Å². The van der Waals surface area contributed by atoms with E-state index < -0.39 is 6.10 Å².